The highest BCUT2D eigenvalue weighted by atomic mass is 32.2. The van der Waals surface area contributed by atoms with Crippen LogP contribution in [0.4, 0.5) is 5.69 Å². The molecule has 4 rings (SSSR count). The van der Waals surface area contributed by atoms with Crippen LogP contribution >= 0.6 is 0 Å². The van der Waals surface area contributed by atoms with Gasteiger partial charge in [0.05, 0.1) is 4.90 Å². The minimum atomic E-state index is -3.87. The maximum absolute atomic E-state index is 12.8. The van der Waals surface area contributed by atoms with Gasteiger partial charge in [-0.25, -0.2) is 0 Å². The zero-order chi connectivity index (χ0) is 23.3. The number of rotatable bonds is 7. The van der Waals surface area contributed by atoms with Crippen LogP contribution in [0.15, 0.2) is 82.4 Å². The third-order valence-corrected chi connectivity index (χ3v) is 6.48. The lowest BCUT2D eigenvalue weighted by atomic mass is 10.2. The van der Waals surface area contributed by atoms with Crippen molar-refractivity contribution in [1.29, 1.82) is 0 Å². The molecule has 1 aliphatic heterocycles. The highest BCUT2D eigenvalue weighted by Gasteiger charge is 2.20. The van der Waals surface area contributed by atoms with Crippen LogP contribution in [0.25, 0.3) is 0 Å². The number of amidine groups is 1. The summed E-state index contributed by atoms with van der Waals surface area (Å²) in [5, 5.41) is 2.75. The normalized spacial score (nSPS) is 14.9. The summed E-state index contributed by atoms with van der Waals surface area (Å²) in [5.41, 5.74) is 1.67. The van der Waals surface area contributed by atoms with Gasteiger partial charge in [0.1, 0.15) is 18.2 Å². The standard InChI is InChI=1S/C24H24N4O4S/c1-28-13-5-11-23(28)27-33(30,31)22-10-3-8-20(15-22)26-24(29)19-7-2-9-21(14-19)32-17-18-6-4-12-25-16-18/h2-4,6-10,12,14-16H,5,11,13,17H2,1H3,(H,26,29). The number of hydrogen-bond acceptors (Lipinski definition) is 5. The number of carbonyl (C=O) groups excluding carboxylic acids is 1. The SMILES string of the molecule is CN1CCCC1=NS(=O)(=O)c1cccc(NC(=O)c2cccc(OCc3cccnc3)c2)c1. The fourth-order valence-electron chi connectivity index (χ4n) is 3.42. The minimum absolute atomic E-state index is 0.0293. The van der Waals surface area contributed by atoms with Crippen LogP contribution in [0.5, 0.6) is 5.75 Å². The molecule has 1 aromatic heterocycles. The van der Waals surface area contributed by atoms with Crippen LogP contribution in [0, 0.1) is 0 Å². The summed E-state index contributed by atoms with van der Waals surface area (Å²) in [7, 11) is -2.04. The molecule has 0 unspecified atom stereocenters. The number of ether oxygens (including phenoxy) is 1. The first-order valence-electron chi connectivity index (χ1n) is 10.5. The molecule has 0 bridgehead atoms. The third kappa shape index (κ3) is 5.75. The van der Waals surface area contributed by atoms with E-state index in [4.69, 9.17) is 4.74 Å². The van der Waals surface area contributed by atoms with Gasteiger partial charge in [-0.15, -0.1) is 4.40 Å². The first kappa shape index (κ1) is 22.5. The summed E-state index contributed by atoms with van der Waals surface area (Å²) in [5.74, 6) is 0.713. The van der Waals surface area contributed by atoms with E-state index in [1.807, 2.05) is 24.1 Å². The lowest BCUT2D eigenvalue weighted by molar-refractivity contribution is 0.102. The van der Waals surface area contributed by atoms with Gasteiger partial charge >= 0.3 is 0 Å². The van der Waals surface area contributed by atoms with Crippen molar-refractivity contribution in [1.82, 2.24) is 9.88 Å². The van der Waals surface area contributed by atoms with E-state index < -0.39 is 10.0 Å². The second-order valence-electron chi connectivity index (χ2n) is 7.67. The van der Waals surface area contributed by atoms with Crippen molar-refractivity contribution < 1.29 is 17.9 Å². The minimum Gasteiger partial charge on any atom is -0.489 e. The molecule has 3 aromatic rings. The van der Waals surface area contributed by atoms with Crippen molar-refractivity contribution in [2.45, 2.75) is 24.3 Å². The van der Waals surface area contributed by atoms with E-state index in [0.29, 0.717) is 35.9 Å². The van der Waals surface area contributed by atoms with Crippen molar-refractivity contribution >= 4 is 27.5 Å². The molecule has 0 aliphatic carbocycles. The Labute approximate surface area is 193 Å². The number of nitrogens with one attached hydrogen (secondary N) is 1. The predicted molar refractivity (Wildman–Crippen MR) is 126 cm³/mol. The molecule has 0 radical (unpaired) electrons. The van der Waals surface area contributed by atoms with E-state index in [2.05, 4.69) is 14.7 Å². The molecule has 0 saturated carbocycles. The average Bonchev–Trinajstić information content (AvgIpc) is 3.22. The monoisotopic (exact) mass is 464 g/mol. The van der Waals surface area contributed by atoms with Crippen molar-refractivity contribution in [3.8, 4) is 5.75 Å². The Morgan fingerprint density at radius 3 is 2.76 bits per heavy atom. The Morgan fingerprint density at radius 2 is 2.00 bits per heavy atom. The van der Waals surface area contributed by atoms with E-state index in [-0.39, 0.29) is 10.8 Å². The van der Waals surface area contributed by atoms with Crippen molar-refractivity contribution in [2.24, 2.45) is 4.40 Å². The number of sulfonamides is 1. The summed E-state index contributed by atoms with van der Waals surface area (Å²) in [6.07, 6.45) is 4.92. The maximum atomic E-state index is 12.8. The molecule has 1 fully saturated rings. The van der Waals surface area contributed by atoms with Crippen molar-refractivity contribution in [3.63, 3.8) is 0 Å². The molecule has 2 aromatic carbocycles. The Balaban J connectivity index is 1.46. The van der Waals surface area contributed by atoms with Crippen LogP contribution in [-0.4, -0.2) is 43.6 Å². The molecule has 33 heavy (non-hydrogen) atoms. The number of pyridine rings is 1. The van der Waals surface area contributed by atoms with E-state index in [0.717, 1.165) is 18.5 Å². The van der Waals surface area contributed by atoms with Gasteiger partial charge in [-0.2, -0.15) is 8.42 Å². The molecule has 0 spiro atoms. The first-order valence-corrected chi connectivity index (χ1v) is 11.9. The molecule has 1 saturated heterocycles. The van der Waals surface area contributed by atoms with E-state index in [9.17, 15) is 13.2 Å². The van der Waals surface area contributed by atoms with Gasteiger partial charge in [0.25, 0.3) is 15.9 Å². The van der Waals surface area contributed by atoms with Crippen LogP contribution < -0.4 is 10.1 Å². The highest BCUT2D eigenvalue weighted by molar-refractivity contribution is 7.90. The van der Waals surface area contributed by atoms with Gasteiger partial charge in [-0.3, -0.25) is 9.78 Å². The lowest BCUT2D eigenvalue weighted by Gasteiger charge is -2.11. The molecule has 0 atom stereocenters. The number of aromatic nitrogens is 1. The van der Waals surface area contributed by atoms with Crippen LogP contribution in [-0.2, 0) is 16.6 Å². The second kappa shape index (κ2) is 9.83. The summed E-state index contributed by atoms with van der Waals surface area (Å²) >= 11 is 0. The number of hydrogen-bond donors (Lipinski definition) is 1. The lowest BCUT2D eigenvalue weighted by Crippen LogP contribution is -2.20. The quantitative estimate of drug-likeness (QED) is 0.572. The van der Waals surface area contributed by atoms with Crippen molar-refractivity contribution in [3.05, 3.63) is 84.2 Å². The van der Waals surface area contributed by atoms with Crippen LogP contribution in [0.2, 0.25) is 0 Å². The Morgan fingerprint density at radius 1 is 1.15 bits per heavy atom. The fraction of sp³-hybridized carbons (Fsp3) is 0.208. The van der Waals surface area contributed by atoms with Gasteiger partial charge in [0.2, 0.25) is 0 Å². The van der Waals surface area contributed by atoms with Gasteiger partial charge in [0.15, 0.2) is 0 Å². The number of likely N-dealkylation sites (tertiary alicyclic amines) is 1. The van der Waals surface area contributed by atoms with Crippen LogP contribution in [0.1, 0.15) is 28.8 Å². The number of amides is 1. The van der Waals surface area contributed by atoms with Crippen LogP contribution in [0.3, 0.4) is 0 Å². The summed E-state index contributed by atoms with van der Waals surface area (Å²) in [6.45, 7) is 1.12. The highest BCUT2D eigenvalue weighted by Crippen LogP contribution is 2.21. The van der Waals surface area contributed by atoms with E-state index in [1.165, 1.54) is 12.1 Å². The van der Waals surface area contributed by atoms with Crippen molar-refractivity contribution in [2.75, 3.05) is 18.9 Å². The van der Waals surface area contributed by atoms with Gasteiger partial charge in [-0.05, 0) is 48.9 Å². The molecule has 8 nitrogen and oxygen atoms in total. The Hall–Kier alpha value is -3.72. The molecule has 170 valence electrons. The Kier molecular flexibility index (Phi) is 6.69. The van der Waals surface area contributed by atoms with Gasteiger partial charge in [0, 0.05) is 49.2 Å². The smallest absolute Gasteiger partial charge is 0.284 e. The summed E-state index contributed by atoms with van der Waals surface area (Å²) in [4.78, 5) is 18.7. The molecule has 1 amide bonds. The third-order valence-electron chi connectivity index (χ3n) is 5.17. The maximum Gasteiger partial charge on any atom is 0.284 e. The molecule has 1 N–H and O–H groups in total. The number of anilines is 1. The summed E-state index contributed by atoms with van der Waals surface area (Å²) in [6, 6.07) is 16.6. The molecule has 9 heteroatoms. The van der Waals surface area contributed by atoms with E-state index >= 15 is 0 Å². The molecule has 1 aliphatic rings. The number of nitrogens with zero attached hydrogens (tertiary/aromatic N) is 3. The molecular weight excluding hydrogens is 440 g/mol. The zero-order valence-electron chi connectivity index (χ0n) is 18.1. The van der Waals surface area contributed by atoms with Gasteiger partial charge < -0.3 is 15.0 Å². The van der Waals surface area contributed by atoms with E-state index in [1.54, 1.807) is 48.8 Å². The zero-order valence-corrected chi connectivity index (χ0v) is 19.0. The number of carbonyl (C=O) groups is 1. The topological polar surface area (TPSA) is 101 Å². The predicted octanol–water partition coefficient (Wildman–Crippen LogP) is 3.73. The second-order valence-corrected chi connectivity index (χ2v) is 9.27. The van der Waals surface area contributed by atoms with Gasteiger partial charge in [-0.1, -0.05) is 18.2 Å². The average molecular weight is 465 g/mol. The largest absolute Gasteiger partial charge is 0.489 e. The first-order chi connectivity index (χ1) is 15.9. The summed E-state index contributed by atoms with van der Waals surface area (Å²) < 4.78 is 35.2. The Bertz CT molecular complexity index is 1280. The fourth-order valence-corrected chi connectivity index (χ4v) is 4.56. The molecular formula is C24H24N4O4S. The number of benzene rings is 2. The molecule has 2 heterocycles.